The maximum absolute atomic E-state index is 4.41. The second kappa shape index (κ2) is 6.57. The Hall–Kier alpha value is -1.55. The van der Waals surface area contributed by atoms with Gasteiger partial charge in [-0.2, -0.15) is 0 Å². The maximum atomic E-state index is 4.41. The monoisotopic (exact) mass is 260 g/mol. The van der Waals surface area contributed by atoms with E-state index in [-0.39, 0.29) is 0 Å². The van der Waals surface area contributed by atoms with Gasteiger partial charge in [-0.15, -0.1) is 0 Å². The van der Waals surface area contributed by atoms with Gasteiger partial charge < -0.3 is 14.5 Å². The van der Waals surface area contributed by atoms with Crippen molar-refractivity contribution in [1.29, 1.82) is 0 Å². The van der Waals surface area contributed by atoms with E-state index >= 15 is 0 Å². The van der Waals surface area contributed by atoms with Crippen LogP contribution in [-0.4, -0.2) is 20.7 Å². The third-order valence-electron chi connectivity index (χ3n) is 3.44. The fourth-order valence-electron chi connectivity index (χ4n) is 2.24. The highest BCUT2D eigenvalue weighted by Crippen LogP contribution is 2.13. The lowest BCUT2D eigenvalue weighted by Crippen LogP contribution is -2.18. The smallest absolute Gasteiger partial charge is 0.128 e. The van der Waals surface area contributed by atoms with E-state index in [0.29, 0.717) is 6.04 Å². The van der Waals surface area contributed by atoms with Crippen molar-refractivity contribution in [2.24, 2.45) is 0 Å². The number of nitrogens with one attached hydrogen (secondary N) is 1. The number of rotatable bonds is 7. The number of aryl methyl sites for hydroxylation is 1. The van der Waals surface area contributed by atoms with Gasteiger partial charge in [0.15, 0.2) is 0 Å². The van der Waals surface area contributed by atoms with Crippen LogP contribution in [0.4, 0.5) is 0 Å². The van der Waals surface area contributed by atoms with Gasteiger partial charge in [-0.25, -0.2) is 4.98 Å². The molecular formula is C15H24N4. The Labute approximate surface area is 115 Å². The zero-order valence-corrected chi connectivity index (χ0v) is 12.1. The summed E-state index contributed by atoms with van der Waals surface area (Å²) in [5.74, 6) is 1.11. The first-order chi connectivity index (χ1) is 9.24. The highest BCUT2D eigenvalue weighted by Gasteiger charge is 2.07. The Balaban J connectivity index is 2.01. The molecule has 0 radical (unpaired) electrons. The van der Waals surface area contributed by atoms with Gasteiger partial charge in [0.05, 0.1) is 6.54 Å². The second-order valence-corrected chi connectivity index (χ2v) is 4.92. The van der Waals surface area contributed by atoms with Gasteiger partial charge in [-0.3, -0.25) is 0 Å². The van der Waals surface area contributed by atoms with Crippen LogP contribution >= 0.6 is 0 Å². The Morgan fingerprint density at radius 3 is 2.89 bits per heavy atom. The lowest BCUT2D eigenvalue weighted by atomic mass is 10.2. The molecule has 4 nitrogen and oxygen atoms in total. The van der Waals surface area contributed by atoms with Crippen molar-refractivity contribution in [2.75, 3.05) is 6.54 Å². The van der Waals surface area contributed by atoms with E-state index in [2.05, 4.69) is 58.7 Å². The van der Waals surface area contributed by atoms with Crippen LogP contribution in [0.2, 0.25) is 0 Å². The fourth-order valence-corrected chi connectivity index (χ4v) is 2.24. The predicted octanol–water partition coefficient (Wildman–Crippen LogP) is 2.81. The third kappa shape index (κ3) is 3.47. The van der Waals surface area contributed by atoms with Crippen molar-refractivity contribution in [3.05, 3.63) is 42.2 Å². The molecule has 2 rings (SSSR count). The van der Waals surface area contributed by atoms with Crippen molar-refractivity contribution in [2.45, 2.75) is 46.3 Å². The van der Waals surface area contributed by atoms with E-state index in [4.69, 9.17) is 0 Å². The molecule has 0 spiro atoms. The minimum Gasteiger partial charge on any atom is -0.346 e. The number of imidazole rings is 1. The minimum atomic E-state index is 0.409. The molecule has 2 heterocycles. The average molecular weight is 260 g/mol. The standard InChI is InChI=1S/C15H24N4/c1-4-7-16-13(3)14-6-9-18(11-14)12-15-17-8-10-19(15)5-2/h6,8-11,13,16H,4-5,7,12H2,1-3H3. The molecule has 0 aliphatic heterocycles. The normalized spacial score (nSPS) is 12.8. The summed E-state index contributed by atoms with van der Waals surface area (Å²) in [6.07, 6.45) is 9.41. The van der Waals surface area contributed by atoms with Crippen LogP contribution in [0.5, 0.6) is 0 Å². The van der Waals surface area contributed by atoms with Crippen LogP contribution < -0.4 is 5.32 Å². The Kier molecular flexibility index (Phi) is 4.80. The maximum Gasteiger partial charge on any atom is 0.128 e. The summed E-state index contributed by atoms with van der Waals surface area (Å²) in [5, 5.41) is 3.51. The minimum absolute atomic E-state index is 0.409. The van der Waals surface area contributed by atoms with E-state index in [0.717, 1.165) is 25.5 Å². The van der Waals surface area contributed by atoms with Crippen LogP contribution in [0, 0.1) is 0 Å². The van der Waals surface area contributed by atoms with Crippen molar-refractivity contribution >= 4 is 0 Å². The topological polar surface area (TPSA) is 34.8 Å². The highest BCUT2D eigenvalue weighted by molar-refractivity contribution is 5.15. The van der Waals surface area contributed by atoms with Crippen molar-refractivity contribution < 1.29 is 0 Å². The van der Waals surface area contributed by atoms with Crippen molar-refractivity contribution in [3.63, 3.8) is 0 Å². The van der Waals surface area contributed by atoms with Crippen molar-refractivity contribution in [3.8, 4) is 0 Å². The van der Waals surface area contributed by atoms with Gasteiger partial charge in [0.25, 0.3) is 0 Å². The van der Waals surface area contributed by atoms with Gasteiger partial charge in [0, 0.05) is 37.4 Å². The van der Waals surface area contributed by atoms with Crippen molar-refractivity contribution in [1.82, 2.24) is 19.4 Å². The Bertz CT molecular complexity index is 498. The summed E-state index contributed by atoms with van der Waals surface area (Å²) >= 11 is 0. The van der Waals surface area contributed by atoms with Gasteiger partial charge in [-0.05, 0) is 38.4 Å². The molecule has 104 valence electrons. The molecule has 1 atom stereocenters. The number of hydrogen-bond donors (Lipinski definition) is 1. The van der Waals surface area contributed by atoms with Crippen LogP contribution in [0.25, 0.3) is 0 Å². The number of aromatic nitrogens is 3. The molecule has 2 aromatic heterocycles. The second-order valence-electron chi connectivity index (χ2n) is 4.92. The molecule has 1 N–H and O–H groups in total. The molecule has 0 saturated heterocycles. The van der Waals surface area contributed by atoms with E-state index < -0.39 is 0 Å². The van der Waals surface area contributed by atoms with E-state index in [9.17, 15) is 0 Å². The first kappa shape index (κ1) is 13.9. The summed E-state index contributed by atoms with van der Waals surface area (Å²) < 4.78 is 4.38. The molecule has 0 aliphatic carbocycles. The lowest BCUT2D eigenvalue weighted by Gasteiger charge is -2.11. The molecule has 0 amide bonds. The quantitative estimate of drug-likeness (QED) is 0.830. The number of nitrogens with zero attached hydrogens (tertiary/aromatic N) is 3. The molecule has 1 unspecified atom stereocenters. The van der Waals surface area contributed by atoms with Gasteiger partial charge >= 0.3 is 0 Å². The first-order valence-corrected chi connectivity index (χ1v) is 7.13. The SMILES string of the molecule is CCCNC(C)c1ccn(Cc2nccn2CC)c1. The third-order valence-corrected chi connectivity index (χ3v) is 3.44. The van der Waals surface area contributed by atoms with E-state index in [1.807, 2.05) is 12.4 Å². The molecule has 0 aromatic carbocycles. The predicted molar refractivity (Wildman–Crippen MR) is 78.1 cm³/mol. The van der Waals surface area contributed by atoms with Crippen LogP contribution in [0.15, 0.2) is 30.9 Å². The molecule has 0 fully saturated rings. The van der Waals surface area contributed by atoms with E-state index in [1.165, 1.54) is 12.0 Å². The molecule has 0 saturated carbocycles. The zero-order chi connectivity index (χ0) is 13.7. The fraction of sp³-hybridized carbons (Fsp3) is 0.533. The highest BCUT2D eigenvalue weighted by atomic mass is 15.1. The lowest BCUT2D eigenvalue weighted by molar-refractivity contribution is 0.568. The summed E-state index contributed by atoms with van der Waals surface area (Å²) in [6.45, 7) is 9.41. The van der Waals surface area contributed by atoms with E-state index in [1.54, 1.807) is 0 Å². The molecular weight excluding hydrogens is 236 g/mol. The molecule has 19 heavy (non-hydrogen) atoms. The molecule has 0 aliphatic rings. The summed E-state index contributed by atoms with van der Waals surface area (Å²) in [5.41, 5.74) is 1.34. The van der Waals surface area contributed by atoms with Gasteiger partial charge in [-0.1, -0.05) is 6.92 Å². The van der Waals surface area contributed by atoms with Gasteiger partial charge in [0.1, 0.15) is 5.82 Å². The van der Waals surface area contributed by atoms with Crippen LogP contribution in [0.3, 0.4) is 0 Å². The number of hydrogen-bond acceptors (Lipinski definition) is 2. The average Bonchev–Trinajstić information content (AvgIpc) is 3.05. The zero-order valence-electron chi connectivity index (χ0n) is 12.1. The Morgan fingerprint density at radius 2 is 2.16 bits per heavy atom. The molecule has 4 heteroatoms. The summed E-state index contributed by atoms with van der Waals surface area (Å²) in [4.78, 5) is 4.41. The summed E-state index contributed by atoms with van der Waals surface area (Å²) in [6, 6.07) is 2.60. The summed E-state index contributed by atoms with van der Waals surface area (Å²) in [7, 11) is 0. The largest absolute Gasteiger partial charge is 0.346 e. The molecule has 2 aromatic rings. The van der Waals surface area contributed by atoms with Crippen LogP contribution in [-0.2, 0) is 13.1 Å². The van der Waals surface area contributed by atoms with Crippen LogP contribution in [0.1, 0.15) is 44.6 Å². The Morgan fingerprint density at radius 1 is 1.32 bits per heavy atom. The van der Waals surface area contributed by atoms with Gasteiger partial charge in [0.2, 0.25) is 0 Å². The first-order valence-electron chi connectivity index (χ1n) is 7.13. The molecule has 0 bridgehead atoms.